The normalized spacial score (nSPS) is 20.0. The Morgan fingerprint density at radius 2 is 1.81 bits per heavy atom. The molecule has 1 aliphatic heterocycles. The van der Waals surface area contributed by atoms with Crippen LogP contribution in [-0.2, 0) is 0 Å². The van der Waals surface area contributed by atoms with Crippen LogP contribution in [0.5, 0.6) is 5.75 Å². The molecule has 108 valence electrons. The number of hydrogen-bond donors (Lipinski definition) is 0. The smallest absolute Gasteiger partial charge is 0.181 e. The summed E-state index contributed by atoms with van der Waals surface area (Å²) < 4.78 is 6.39. The highest BCUT2D eigenvalue weighted by molar-refractivity contribution is 6.77. The van der Waals surface area contributed by atoms with Gasteiger partial charge in [0.1, 0.15) is 5.75 Å². The molecule has 0 spiro atoms. The van der Waals surface area contributed by atoms with Crippen LogP contribution in [0.4, 0.5) is 0 Å². The van der Waals surface area contributed by atoms with Crippen molar-refractivity contribution in [2.45, 2.75) is 51.4 Å². The summed E-state index contributed by atoms with van der Waals surface area (Å²) in [7, 11) is 0. The zero-order chi connectivity index (χ0) is 14.2. The maximum Gasteiger partial charge on any atom is 0.181 e. The van der Waals surface area contributed by atoms with E-state index in [-0.39, 0.29) is 0 Å². The molecule has 0 aromatic heterocycles. The SMILES string of the molecule is CC(Oc1ccc2ccccc2c1B1CCCC1)C1CC1. The summed E-state index contributed by atoms with van der Waals surface area (Å²) in [6, 6.07) is 13.2. The summed E-state index contributed by atoms with van der Waals surface area (Å²) in [4.78, 5) is 0. The van der Waals surface area contributed by atoms with Gasteiger partial charge in [-0.1, -0.05) is 55.8 Å². The second-order valence-corrected chi connectivity index (χ2v) is 6.84. The third kappa shape index (κ3) is 2.56. The zero-order valence-electron chi connectivity index (χ0n) is 12.8. The molecule has 0 bridgehead atoms. The molecule has 1 aliphatic carbocycles. The van der Waals surface area contributed by atoms with Gasteiger partial charge in [0, 0.05) is 0 Å². The van der Waals surface area contributed by atoms with Gasteiger partial charge in [0.15, 0.2) is 6.71 Å². The minimum atomic E-state index is 0.367. The Kier molecular flexibility index (Phi) is 3.41. The van der Waals surface area contributed by atoms with Crippen molar-refractivity contribution < 1.29 is 4.74 Å². The molecule has 2 aliphatic rings. The highest BCUT2D eigenvalue weighted by Gasteiger charge is 2.32. The van der Waals surface area contributed by atoms with Crippen LogP contribution in [0.25, 0.3) is 10.8 Å². The van der Waals surface area contributed by atoms with E-state index in [2.05, 4.69) is 43.3 Å². The Balaban J connectivity index is 1.78. The summed E-state index contributed by atoms with van der Waals surface area (Å²) in [5.74, 6) is 1.94. The van der Waals surface area contributed by atoms with E-state index < -0.39 is 0 Å². The Morgan fingerprint density at radius 1 is 1.05 bits per heavy atom. The lowest BCUT2D eigenvalue weighted by molar-refractivity contribution is 0.200. The van der Waals surface area contributed by atoms with Crippen molar-refractivity contribution in [2.75, 3.05) is 0 Å². The van der Waals surface area contributed by atoms with E-state index >= 15 is 0 Å². The molecule has 2 heteroatoms. The maximum atomic E-state index is 6.39. The summed E-state index contributed by atoms with van der Waals surface area (Å²) >= 11 is 0. The van der Waals surface area contributed by atoms with Crippen LogP contribution in [-0.4, -0.2) is 12.8 Å². The van der Waals surface area contributed by atoms with E-state index in [1.165, 1.54) is 54.6 Å². The third-order valence-corrected chi connectivity index (χ3v) is 5.29. The molecule has 1 unspecified atom stereocenters. The van der Waals surface area contributed by atoms with Crippen LogP contribution < -0.4 is 10.2 Å². The molecular weight excluding hydrogens is 255 g/mol. The first-order valence-corrected chi connectivity index (χ1v) is 8.51. The second-order valence-electron chi connectivity index (χ2n) is 6.84. The largest absolute Gasteiger partial charge is 0.491 e. The quantitative estimate of drug-likeness (QED) is 0.747. The lowest BCUT2D eigenvalue weighted by atomic mass is 9.43. The van der Waals surface area contributed by atoms with Crippen molar-refractivity contribution in [3.8, 4) is 5.75 Å². The number of ether oxygens (including phenoxy) is 1. The maximum absolute atomic E-state index is 6.39. The molecule has 1 saturated carbocycles. The Labute approximate surface area is 127 Å². The standard InChI is InChI=1S/C19H23BO/c1-14(15-8-9-15)21-18-11-10-16-6-2-3-7-17(16)19(18)20-12-4-5-13-20/h2-3,6-7,10-11,14-15H,4-5,8-9,12-13H2,1H3. The van der Waals surface area contributed by atoms with Gasteiger partial charge in [0.25, 0.3) is 0 Å². The fourth-order valence-electron chi connectivity index (χ4n) is 3.88. The highest BCUT2D eigenvalue weighted by Crippen LogP contribution is 2.35. The average molecular weight is 278 g/mol. The minimum Gasteiger partial charge on any atom is -0.491 e. The molecule has 0 radical (unpaired) electrons. The molecule has 1 atom stereocenters. The van der Waals surface area contributed by atoms with Crippen LogP contribution in [0.3, 0.4) is 0 Å². The number of benzene rings is 2. The predicted octanol–water partition coefficient (Wildman–Crippen LogP) is 4.51. The highest BCUT2D eigenvalue weighted by atomic mass is 16.5. The number of rotatable bonds is 4. The van der Waals surface area contributed by atoms with Gasteiger partial charge in [-0.3, -0.25) is 0 Å². The van der Waals surface area contributed by atoms with Gasteiger partial charge in [-0.05, 0) is 48.0 Å². The van der Waals surface area contributed by atoms with E-state index in [4.69, 9.17) is 4.74 Å². The Morgan fingerprint density at radius 3 is 2.57 bits per heavy atom. The van der Waals surface area contributed by atoms with Crippen molar-refractivity contribution in [1.29, 1.82) is 0 Å². The lowest BCUT2D eigenvalue weighted by Gasteiger charge is -2.21. The monoisotopic (exact) mass is 278 g/mol. The van der Waals surface area contributed by atoms with Gasteiger partial charge in [0.05, 0.1) is 6.10 Å². The summed E-state index contributed by atoms with van der Waals surface area (Å²) in [6.45, 7) is 2.93. The molecule has 1 nitrogen and oxygen atoms in total. The number of hydrogen-bond acceptors (Lipinski definition) is 1. The van der Waals surface area contributed by atoms with Crippen LogP contribution in [0.2, 0.25) is 12.6 Å². The molecule has 2 aromatic rings. The third-order valence-electron chi connectivity index (χ3n) is 5.29. The minimum absolute atomic E-state index is 0.367. The molecule has 0 amide bonds. The van der Waals surface area contributed by atoms with Gasteiger partial charge in [0.2, 0.25) is 0 Å². The van der Waals surface area contributed by atoms with Crippen LogP contribution in [0.1, 0.15) is 32.6 Å². The Hall–Kier alpha value is -1.44. The van der Waals surface area contributed by atoms with Gasteiger partial charge in [-0.15, -0.1) is 0 Å². The fourth-order valence-corrected chi connectivity index (χ4v) is 3.88. The number of fused-ring (bicyclic) bond motifs is 1. The first-order chi connectivity index (χ1) is 10.3. The Bertz CT molecular complexity index is 641. The van der Waals surface area contributed by atoms with E-state index in [1.54, 1.807) is 0 Å². The van der Waals surface area contributed by atoms with E-state index in [0.717, 1.165) is 11.7 Å². The van der Waals surface area contributed by atoms with Gasteiger partial charge >= 0.3 is 0 Å². The van der Waals surface area contributed by atoms with Crippen LogP contribution in [0, 0.1) is 5.92 Å². The van der Waals surface area contributed by atoms with Crippen molar-refractivity contribution in [3.05, 3.63) is 36.4 Å². The average Bonchev–Trinajstić information content (AvgIpc) is 3.23. The summed E-state index contributed by atoms with van der Waals surface area (Å²) in [6.07, 6.45) is 8.42. The predicted molar refractivity (Wildman–Crippen MR) is 91.0 cm³/mol. The molecule has 21 heavy (non-hydrogen) atoms. The molecule has 1 heterocycles. The van der Waals surface area contributed by atoms with Gasteiger partial charge in [-0.25, -0.2) is 0 Å². The first-order valence-electron chi connectivity index (χ1n) is 8.51. The molecule has 0 N–H and O–H groups in total. The van der Waals surface area contributed by atoms with Crippen LogP contribution >= 0.6 is 0 Å². The van der Waals surface area contributed by atoms with E-state index in [1.807, 2.05) is 0 Å². The topological polar surface area (TPSA) is 9.23 Å². The zero-order valence-corrected chi connectivity index (χ0v) is 12.8. The summed E-state index contributed by atoms with van der Waals surface area (Å²) in [5.41, 5.74) is 1.48. The van der Waals surface area contributed by atoms with Gasteiger partial charge < -0.3 is 4.74 Å². The van der Waals surface area contributed by atoms with Crippen molar-refractivity contribution in [1.82, 2.24) is 0 Å². The van der Waals surface area contributed by atoms with Crippen molar-refractivity contribution in [2.24, 2.45) is 5.92 Å². The van der Waals surface area contributed by atoms with Crippen LogP contribution in [0.15, 0.2) is 36.4 Å². The molecule has 4 rings (SSSR count). The first kappa shape index (κ1) is 13.2. The fraction of sp³-hybridized carbons (Fsp3) is 0.474. The van der Waals surface area contributed by atoms with Crippen molar-refractivity contribution >= 4 is 22.9 Å². The van der Waals surface area contributed by atoms with Crippen molar-refractivity contribution in [3.63, 3.8) is 0 Å². The summed E-state index contributed by atoms with van der Waals surface area (Å²) in [5, 5.41) is 2.76. The molecular formula is C19H23BO. The van der Waals surface area contributed by atoms with E-state index in [0.29, 0.717) is 12.8 Å². The molecule has 2 fully saturated rings. The lowest BCUT2D eigenvalue weighted by Crippen LogP contribution is -2.31. The van der Waals surface area contributed by atoms with E-state index in [9.17, 15) is 0 Å². The molecule has 2 aromatic carbocycles. The second kappa shape index (κ2) is 5.40. The molecule has 1 saturated heterocycles. The van der Waals surface area contributed by atoms with Gasteiger partial charge in [-0.2, -0.15) is 0 Å².